The predicted octanol–water partition coefficient (Wildman–Crippen LogP) is 5.35. The van der Waals surface area contributed by atoms with Gasteiger partial charge in [-0.25, -0.2) is 4.79 Å². The lowest BCUT2D eigenvalue weighted by Crippen LogP contribution is -2.36. The number of benzene rings is 2. The second-order valence-corrected chi connectivity index (χ2v) is 9.24. The summed E-state index contributed by atoms with van der Waals surface area (Å²) in [5.41, 5.74) is 1.40. The largest absolute Gasteiger partial charge is 0.465 e. The van der Waals surface area contributed by atoms with Crippen molar-refractivity contribution < 1.29 is 14.3 Å². The van der Waals surface area contributed by atoms with Gasteiger partial charge in [0.05, 0.1) is 6.54 Å². The molecule has 0 unspecified atom stereocenters. The molecule has 4 rings (SSSR count). The Morgan fingerprint density at radius 2 is 1.88 bits per heavy atom. The van der Waals surface area contributed by atoms with Crippen molar-refractivity contribution in [1.82, 2.24) is 9.88 Å². The second-order valence-electron chi connectivity index (χ2n) is 8.87. The van der Waals surface area contributed by atoms with E-state index >= 15 is 0 Å². The number of fused-ring (bicyclic) bond motifs is 1. The van der Waals surface area contributed by atoms with Crippen molar-refractivity contribution in [3.05, 3.63) is 72.6 Å². The van der Waals surface area contributed by atoms with E-state index in [4.69, 9.17) is 21.7 Å². The molecule has 0 radical (unpaired) electrons. The second kappa shape index (κ2) is 9.12. The van der Waals surface area contributed by atoms with Crippen LogP contribution in [0.1, 0.15) is 32.3 Å². The van der Waals surface area contributed by atoms with Crippen LogP contribution in [0.15, 0.2) is 67.0 Å². The maximum Gasteiger partial charge on any atom is 0.410 e. The molecule has 0 spiro atoms. The molecule has 3 aromatic rings. The highest BCUT2D eigenvalue weighted by molar-refractivity contribution is 7.80. The van der Waals surface area contributed by atoms with E-state index in [9.17, 15) is 4.79 Å². The van der Waals surface area contributed by atoms with Gasteiger partial charge in [0.1, 0.15) is 11.7 Å². The van der Waals surface area contributed by atoms with Gasteiger partial charge in [0.2, 0.25) is 0 Å². The lowest BCUT2D eigenvalue weighted by atomic mass is 9.96. The fourth-order valence-corrected chi connectivity index (χ4v) is 4.13. The summed E-state index contributed by atoms with van der Waals surface area (Å²) in [4.78, 5) is 18.6. The summed E-state index contributed by atoms with van der Waals surface area (Å²) in [5.74, 6) is -0.0137. The van der Waals surface area contributed by atoms with Gasteiger partial charge < -0.3 is 19.7 Å². The van der Waals surface area contributed by atoms with Crippen molar-refractivity contribution in [3.8, 4) is 0 Å². The van der Waals surface area contributed by atoms with Crippen LogP contribution in [0.5, 0.6) is 0 Å². The summed E-state index contributed by atoms with van der Waals surface area (Å²) in [6.07, 6.45) is 2.93. The molecule has 1 amide bonds. The van der Waals surface area contributed by atoms with Crippen LogP contribution in [0.25, 0.3) is 10.8 Å². The number of amides is 1. The highest BCUT2D eigenvalue weighted by atomic mass is 32.1. The van der Waals surface area contributed by atoms with Crippen LogP contribution in [-0.2, 0) is 9.47 Å². The van der Waals surface area contributed by atoms with Crippen molar-refractivity contribution in [2.75, 3.05) is 18.4 Å². The number of carbonyl (C=O) groups is 1. The number of aromatic nitrogens is 1. The molecular weight excluding hydrogens is 422 g/mol. The number of hydrogen-bond donors (Lipinski definition) is 1. The molecule has 6 nitrogen and oxygen atoms in total. The number of carbonyl (C=O) groups excluding carboxylic acids is 1. The molecule has 2 aromatic carbocycles. The third-order valence-corrected chi connectivity index (χ3v) is 5.52. The van der Waals surface area contributed by atoms with E-state index in [-0.39, 0.29) is 23.3 Å². The molecule has 0 saturated carbocycles. The van der Waals surface area contributed by atoms with E-state index in [1.54, 1.807) is 11.1 Å². The SMILES string of the molecule is CC(C)(C)OC(=O)N1C[C@@H](OC(=S)Nc2cccc3cnccc23)[C@H](c2ccccc2)C1. The Balaban J connectivity index is 1.51. The molecule has 1 aliphatic rings. The molecule has 7 heteroatoms. The third-order valence-electron chi connectivity index (χ3n) is 5.32. The van der Waals surface area contributed by atoms with E-state index in [0.29, 0.717) is 13.1 Å². The van der Waals surface area contributed by atoms with Crippen LogP contribution < -0.4 is 5.32 Å². The molecular formula is C25H27N3O3S. The average molecular weight is 450 g/mol. The lowest BCUT2D eigenvalue weighted by molar-refractivity contribution is 0.0273. The maximum absolute atomic E-state index is 12.7. The fourth-order valence-electron chi connectivity index (χ4n) is 3.90. The van der Waals surface area contributed by atoms with Crippen LogP contribution in [-0.4, -0.2) is 45.9 Å². The number of pyridine rings is 1. The minimum Gasteiger partial charge on any atom is -0.465 e. The summed E-state index contributed by atoms with van der Waals surface area (Å²) in [7, 11) is 0. The number of nitrogens with one attached hydrogen (secondary N) is 1. The standard InChI is InChI=1S/C25H27N3O3S/c1-25(2,3)31-24(29)28-15-20(17-8-5-4-6-9-17)22(16-28)30-23(32)27-21-11-7-10-18-14-26-13-12-19(18)21/h4-14,20,22H,15-16H2,1-3H3,(H,27,32)/t20-,22+/m0/s1. The van der Waals surface area contributed by atoms with Crippen LogP contribution in [0.3, 0.4) is 0 Å². The Labute approximate surface area is 193 Å². The number of nitrogens with zero attached hydrogens (tertiary/aromatic N) is 2. The van der Waals surface area contributed by atoms with Gasteiger partial charge in [-0.1, -0.05) is 42.5 Å². The zero-order chi connectivity index (χ0) is 22.7. The molecule has 0 aliphatic carbocycles. The van der Waals surface area contributed by atoms with Gasteiger partial charge >= 0.3 is 6.09 Å². The molecule has 2 atom stereocenters. The minimum absolute atomic E-state index is 0.0137. The molecule has 2 heterocycles. The summed E-state index contributed by atoms with van der Waals surface area (Å²) < 4.78 is 11.8. The van der Waals surface area contributed by atoms with Gasteiger partial charge in [-0.05, 0) is 50.7 Å². The normalized spacial score (nSPS) is 18.4. The first-order valence-electron chi connectivity index (χ1n) is 10.6. The van der Waals surface area contributed by atoms with Crippen molar-refractivity contribution in [2.45, 2.75) is 38.4 Å². The van der Waals surface area contributed by atoms with Gasteiger partial charge in [0, 0.05) is 41.3 Å². The fraction of sp³-hybridized carbons (Fsp3) is 0.320. The van der Waals surface area contributed by atoms with E-state index < -0.39 is 5.60 Å². The summed E-state index contributed by atoms with van der Waals surface area (Å²) in [5, 5.41) is 5.51. The molecule has 166 valence electrons. The Morgan fingerprint density at radius 1 is 1.09 bits per heavy atom. The van der Waals surface area contributed by atoms with E-state index in [2.05, 4.69) is 10.3 Å². The zero-order valence-corrected chi connectivity index (χ0v) is 19.3. The van der Waals surface area contributed by atoms with Gasteiger partial charge in [-0.3, -0.25) is 4.98 Å². The smallest absolute Gasteiger partial charge is 0.410 e. The quantitative estimate of drug-likeness (QED) is 0.544. The molecule has 1 saturated heterocycles. The van der Waals surface area contributed by atoms with Gasteiger partial charge in [-0.15, -0.1) is 0 Å². The first kappa shape index (κ1) is 22.0. The Morgan fingerprint density at radius 3 is 2.62 bits per heavy atom. The zero-order valence-electron chi connectivity index (χ0n) is 18.4. The summed E-state index contributed by atoms with van der Waals surface area (Å²) >= 11 is 5.55. The van der Waals surface area contributed by atoms with Crippen molar-refractivity contribution >= 4 is 39.9 Å². The molecule has 1 fully saturated rings. The van der Waals surface area contributed by atoms with Crippen LogP contribution in [0.2, 0.25) is 0 Å². The molecule has 1 aromatic heterocycles. The molecule has 32 heavy (non-hydrogen) atoms. The number of likely N-dealkylation sites (tertiary alicyclic amines) is 1. The number of hydrogen-bond acceptors (Lipinski definition) is 5. The lowest BCUT2D eigenvalue weighted by Gasteiger charge is -2.24. The van der Waals surface area contributed by atoms with Crippen molar-refractivity contribution in [2.24, 2.45) is 0 Å². The first-order valence-corrected chi connectivity index (χ1v) is 11.0. The number of rotatable bonds is 3. The summed E-state index contributed by atoms with van der Waals surface area (Å²) in [6, 6.07) is 17.9. The Kier molecular flexibility index (Phi) is 6.28. The number of thiocarbonyl (C=S) groups is 1. The van der Waals surface area contributed by atoms with Crippen molar-refractivity contribution in [3.63, 3.8) is 0 Å². The Hall–Kier alpha value is -3.19. The predicted molar refractivity (Wildman–Crippen MR) is 130 cm³/mol. The maximum atomic E-state index is 12.7. The average Bonchev–Trinajstić information content (AvgIpc) is 3.17. The molecule has 0 bridgehead atoms. The molecule has 1 N–H and O–H groups in total. The van der Waals surface area contributed by atoms with Crippen LogP contribution in [0, 0.1) is 0 Å². The Bertz CT molecular complexity index is 1110. The topological polar surface area (TPSA) is 63.7 Å². The monoisotopic (exact) mass is 449 g/mol. The summed E-state index contributed by atoms with van der Waals surface area (Å²) in [6.45, 7) is 6.50. The van der Waals surface area contributed by atoms with Crippen LogP contribution in [0.4, 0.5) is 10.5 Å². The molecule has 1 aliphatic heterocycles. The van der Waals surface area contributed by atoms with E-state index in [0.717, 1.165) is 22.0 Å². The van der Waals surface area contributed by atoms with Crippen LogP contribution >= 0.6 is 12.2 Å². The van der Waals surface area contributed by atoms with E-state index in [1.165, 1.54) is 0 Å². The first-order chi connectivity index (χ1) is 15.3. The van der Waals surface area contributed by atoms with Crippen molar-refractivity contribution in [1.29, 1.82) is 0 Å². The minimum atomic E-state index is -0.557. The highest BCUT2D eigenvalue weighted by Crippen LogP contribution is 2.31. The van der Waals surface area contributed by atoms with E-state index in [1.807, 2.05) is 81.6 Å². The van der Waals surface area contributed by atoms with Gasteiger partial charge in [-0.2, -0.15) is 0 Å². The number of ether oxygens (including phenoxy) is 2. The highest BCUT2D eigenvalue weighted by Gasteiger charge is 2.39. The number of anilines is 1. The van der Waals surface area contributed by atoms with Gasteiger partial charge in [0.25, 0.3) is 5.17 Å². The van der Waals surface area contributed by atoms with Gasteiger partial charge in [0.15, 0.2) is 0 Å². The third kappa shape index (κ3) is 5.16.